The molecule has 2 N–H and O–H groups in total. The third kappa shape index (κ3) is 3.03. The molecule has 0 atom stereocenters. The van der Waals surface area contributed by atoms with Crippen LogP contribution in [0.1, 0.15) is 23.2 Å². The van der Waals surface area contributed by atoms with Crippen LogP contribution >= 0.6 is 15.9 Å². The largest absolute Gasteiger partial charge is 0.478 e. The lowest BCUT2D eigenvalue weighted by Gasteiger charge is -2.28. The minimum absolute atomic E-state index is 0.0468. The first-order chi connectivity index (χ1) is 9.32. The number of nitrogens with zero attached hydrogens (tertiary/aromatic N) is 1. The fourth-order valence-electron chi connectivity index (χ4n) is 2.06. The Morgan fingerprint density at radius 3 is 2.45 bits per heavy atom. The molecule has 1 aliphatic rings. The van der Waals surface area contributed by atoms with Crippen LogP contribution < -0.4 is 0 Å². The first kappa shape index (κ1) is 15.4. The minimum atomic E-state index is -3.72. The monoisotopic (exact) mass is 363 g/mol. The van der Waals surface area contributed by atoms with Crippen molar-refractivity contribution in [3.05, 3.63) is 28.2 Å². The predicted octanol–water partition coefficient (Wildman–Crippen LogP) is 1.29. The van der Waals surface area contributed by atoms with Crippen LogP contribution in [0.3, 0.4) is 0 Å². The van der Waals surface area contributed by atoms with Crippen LogP contribution in [0.15, 0.2) is 27.6 Å². The van der Waals surface area contributed by atoms with Gasteiger partial charge >= 0.3 is 5.97 Å². The topological polar surface area (TPSA) is 94.9 Å². The molecule has 1 fully saturated rings. The van der Waals surface area contributed by atoms with E-state index in [1.54, 1.807) is 0 Å². The van der Waals surface area contributed by atoms with Crippen LogP contribution in [0, 0.1) is 0 Å². The molecule has 0 spiro atoms. The van der Waals surface area contributed by atoms with Crippen molar-refractivity contribution in [2.75, 3.05) is 13.1 Å². The van der Waals surface area contributed by atoms with E-state index in [9.17, 15) is 18.3 Å². The highest BCUT2D eigenvalue weighted by Crippen LogP contribution is 2.25. The number of sulfonamides is 1. The number of aliphatic hydroxyl groups excluding tert-OH is 1. The molecule has 1 aliphatic heterocycles. The van der Waals surface area contributed by atoms with Crippen LogP contribution in [-0.4, -0.2) is 48.1 Å². The van der Waals surface area contributed by atoms with E-state index in [4.69, 9.17) is 5.11 Å². The Labute approximate surface area is 125 Å². The molecule has 8 heteroatoms. The minimum Gasteiger partial charge on any atom is -0.478 e. The van der Waals surface area contributed by atoms with Gasteiger partial charge in [-0.05, 0) is 47.0 Å². The van der Waals surface area contributed by atoms with Gasteiger partial charge in [0.2, 0.25) is 10.0 Å². The van der Waals surface area contributed by atoms with Crippen LogP contribution in [0.5, 0.6) is 0 Å². The first-order valence-electron chi connectivity index (χ1n) is 6.03. The van der Waals surface area contributed by atoms with Crippen LogP contribution in [0.2, 0.25) is 0 Å². The highest BCUT2D eigenvalue weighted by Gasteiger charge is 2.29. The van der Waals surface area contributed by atoms with E-state index < -0.39 is 22.1 Å². The summed E-state index contributed by atoms with van der Waals surface area (Å²) < 4.78 is 26.4. The second-order valence-electron chi connectivity index (χ2n) is 4.58. The molecule has 1 aromatic carbocycles. The molecule has 0 aromatic heterocycles. The smallest absolute Gasteiger partial charge is 0.336 e. The number of carboxylic acids is 1. The molecule has 0 unspecified atom stereocenters. The van der Waals surface area contributed by atoms with E-state index in [1.807, 2.05) is 0 Å². The molecule has 20 heavy (non-hydrogen) atoms. The van der Waals surface area contributed by atoms with Gasteiger partial charge in [-0.1, -0.05) is 0 Å². The standard InChI is InChI=1S/C12H14BrNO5S/c13-11-2-1-9(7-10(11)12(16)17)20(18,19)14-5-3-8(15)4-6-14/h1-2,7-8,15H,3-6H2,(H,16,17). The summed E-state index contributed by atoms with van der Waals surface area (Å²) in [5.41, 5.74) is -0.0943. The second kappa shape index (κ2) is 5.80. The molecule has 1 saturated heterocycles. The zero-order valence-electron chi connectivity index (χ0n) is 10.5. The van der Waals surface area contributed by atoms with Gasteiger partial charge in [0, 0.05) is 17.6 Å². The third-order valence-corrected chi connectivity index (χ3v) is 5.82. The summed E-state index contributed by atoms with van der Waals surface area (Å²) in [6.45, 7) is 0.476. The van der Waals surface area contributed by atoms with Crippen molar-refractivity contribution in [2.45, 2.75) is 23.8 Å². The molecule has 2 rings (SSSR count). The number of hydrogen-bond donors (Lipinski definition) is 2. The van der Waals surface area contributed by atoms with Gasteiger partial charge in [-0.2, -0.15) is 4.31 Å². The number of carboxylic acid groups (broad SMARTS) is 1. The molecule has 1 heterocycles. The highest BCUT2D eigenvalue weighted by molar-refractivity contribution is 9.10. The van der Waals surface area contributed by atoms with E-state index in [2.05, 4.69) is 15.9 Å². The average Bonchev–Trinajstić information content (AvgIpc) is 2.39. The lowest BCUT2D eigenvalue weighted by atomic mass is 10.1. The van der Waals surface area contributed by atoms with E-state index >= 15 is 0 Å². The van der Waals surface area contributed by atoms with Crippen molar-refractivity contribution in [2.24, 2.45) is 0 Å². The number of benzene rings is 1. The van der Waals surface area contributed by atoms with Gasteiger partial charge in [0.25, 0.3) is 0 Å². The lowest BCUT2D eigenvalue weighted by molar-refractivity contribution is 0.0695. The Hall–Kier alpha value is -0.960. The number of piperidine rings is 1. The van der Waals surface area contributed by atoms with Gasteiger partial charge in [0.1, 0.15) is 0 Å². The molecular formula is C12H14BrNO5S. The Bertz CT molecular complexity index is 623. The molecular weight excluding hydrogens is 350 g/mol. The van der Waals surface area contributed by atoms with E-state index in [1.165, 1.54) is 16.4 Å². The van der Waals surface area contributed by atoms with Crippen LogP contribution in [0.25, 0.3) is 0 Å². The maximum atomic E-state index is 12.4. The highest BCUT2D eigenvalue weighted by atomic mass is 79.9. The summed E-state index contributed by atoms with van der Waals surface area (Å²) in [6.07, 6.45) is 0.310. The Morgan fingerprint density at radius 2 is 1.90 bits per heavy atom. The number of carbonyl (C=O) groups is 1. The van der Waals surface area contributed by atoms with E-state index in [0.29, 0.717) is 17.3 Å². The van der Waals surface area contributed by atoms with Gasteiger partial charge in [0.05, 0.1) is 16.6 Å². The number of aliphatic hydroxyl groups is 1. The van der Waals surface area contributed by atoms with Crippen molar-refractivity contribution in [1.82, 2.24) is 4.31 Å². The molecule has 0 saturated carbocycles. The summed E-state index contributed by atoms with van der Waals surface area (Å²) in [6, 6.07) is 3.93. The summed E-state index contributed by atoms with van der Waals surface area (Å²) in [7, 11) is -3.72. The average molecular weight is 364 g/mol. The number of hydrogen-bond acceptors (Lipinski definition) is 4. The van der Waals surface area contributed by atoms with Gasteiger partial charge in [-0.25, -0.2) is 13.2 Å². The first-order valence-corrected chi connectivity index (χ1v) is 8.26. The van der Waals surface area contributed by atoms with Crippen LogP contribution in [-0.2, 0) is 10.0 Å². The number of aromatic carboxylic acids is 1. The molecule has 1 aromatic rings. The lowest BCUT2D eigenvalue weighted by Crippen LogP contribution is -2.40. The predicted molar refractivity (Wildman–Crippen MR) is 75.1 cm³/mol. The Kier molecular flexibility index (Phi) is 4.48. The van der Waals surface area contributed by atoms with Crippen LogP contribution in [0.4, 0.5) is 0 Å². The van der Waals surface area contributed by atoms with Crippen molar-refractivity contribution >= 4 is 31.9 Å². The van der Waals surface area contributed by atoms with E-state index in [-0.39, 0.29) is 23.5 Å². The number of rotatable bonds is 3. The van der Waals surface area contributed by atoms with Crippen molar-refractivity contribution < 1.29 is 23.4 Å². The van der Waals surface area contributed by atoms with Gasteiger partial charge in [-0.15, -0.1) is 0 Å². The second-order valence-corrected chi connectivity index (χ2v) is 7.37. The summed E-state index contributed by atoms with van der Waals surface area (Å²) >= 11 is 3.08. The van der Waals surface area contributed by atoms with Gasteiger partial charge in [-0.3, -0.25) is 0 Å². The molecule has 6 nitrogen and oxygen atoms in total. The summed E-state index contributed by atoms with van der Waals surface area (Å²) in [4.78, 5) is 11.0. The zero-order valence-corrected chi connectivity index (χ0v) is 12.9. The molecule has 0 aliphatic carbocycles. The maximum Gasteiger partial charge on any atom is 0.336 e. The van der Waals surface area contributed by atoms with E-state index in [0.717, 1.165) is 6.07 Å². The van der Waals surface area contributed by atoms with Crippen molar-refractivity contribution in [1.29, 1.82) is 0 Å². The number of halogens is 1. The summed E-state index contributed by atoms with van der Waals surface area (Å²) in [5, 5.41) is 18.4. The molecule has 110 valence electrons. The third-order valence-electron chi connectivity index (χ3n) is 3.23. The molecule has 0 bridgehead atoms. The molecule has 0 radical (unpaired) electrons. The van der Waals surface area contributed by atoms with Gasteiger partial charge < -0.3 is 10.2 Å². The fraction of sp³-hybridized carbons (Fsp3) is 0.417. The fourth-order valence-corrected chi connectivity index (χ4v) is 3.97. The quantitative estimate of drug-likeness (QED) is 0.843. The SMILES string of the molecule is O=C(O)c1cc(S(=O)(=O)N2CCC(O)CC2)ccc1Br. The van der Waals surface area contributed by atoms with Crippen molar-refractivity contribution in [3.8, 4) is 0 Å². The Balaban J connectivity index is 2.35. The maximum absolute atomic E-state index is 12.4. The summed E-state index contributed by atoms with van der Waals surface area (Å²) in [5.74, 6) is -1.19. The van der Waals surface area contributed by atoms with Crippen molar-refractivity contribution in [3.63, 3.8) is 0 Å². The Morgan fingerprint density at radius 1 is 1.30 bits per heavy atom. The normalized spacial score (nSPS) is 18.1. The molecule has 0 amide bonds. The van der Waals surface area contributed by atoms with Gasteiger partial charge in [0.15, 0.2) is 0 Å². The zero-order chi connectivity index (χ0) is 14.9.